The SMILES string of the molecule is NC(=O)NCc1ccc(C(=O)N2CCN(C(=O)CCC3CCCC3)CC2)cc1. The lowest BCUT2D eigenvalue weighted by Crippen LogP contribution is -2.50. The number of carbonyl (C=O) groups excluding carboxylic acids is 3. The topological polar surface area (TPSA) is 95.7 Å². The van der Waals surface area contributed by atoms with E-state index in [0.29, 0.717) is 44.7 Å². The fraction of sp³-hybridized carbons (Fsp3) is 0.571. The second kappa shape index (κ2) is 9.57. The molecule has 7 nitrogen and oxygen atoms in total. The van der Waals surface area contributed by atoms with Gasteiger partial charge in [0.25, 0.3) is 5.91 Å². The molecule has 1 saturated heterocycles. The third-order valence-electron chi connectivity index (χ3n) is 5.83. The van der Waals surface area contributed by atoms with Gasteiger partial charge >= 0.3 is 6.03 Å². The highest BCUT2D eigenvalue weighted by Crippen LogP contribution is 2.28. The molecule has 2 aliphatic rings. The highest BCUT2D eigenvalue weighted by atomic mass is 16.2. The smallest absolute Gasteiger partial charge is 0.312 e. The zero-order chi connectivity index (χ0) is 19.9. The lowest BCUT2D eigenvalue weighted by molar-refractivity contribution is -0.133. The standard InChI is InChI=1S/C21H30N4O3/c22-21(28)23-15-17-5-8-18(9-6-17)20(27)25-13-11-24(12-14-25)19(26)10-7-16-3-1-2-4-16/h5-6,8-9,16H,1-4,7,10-15H2,(H3,22,23,28). The number of primary amides is 1. The summed E-state index contributed by atoms with van der Waals surface area (Å²) in [4.78, 5) is 39.6. The number of urea groups is 1. The summed E-state index contributed by atoms with van der Waals surface area (Å²) in [6.07, 6.45) is 6.80. The van der Waals surface area contributed by atoms with Crippen molar-refractivity contribution in [1.82, 2.24) is 15.1 Å². The number of hydrogen-bond acceptors (Lipinski definition) is 3. The Labute approximate surface area is 166 Å². The van der Waals surface area contributed by atoms with Gasteiger partial charge in [0.05, 0.1) is 0 Å². The summed E-state index contributed by atoms with van der Waals surface area (Å²) in [6.45, 7) is 2.69. The van der Waals surface area contributed by atoms with Crippen molar-refractivity contribution in [1.29, 1.82) is 0 Å². The van der Waals surface area contributed by atoms with Gasteiger partial charge in [-0.2, -0.15) is 0 Å². The van der Waals surface area contributed by atoms with E-state index in [1.807, 2.05) is 17.0 Å². The molecule has 1 aliphatic carbocycles. The highest BCUT2D eigenvalue weighted by Gasteiger charge is 2.25. The summed E-state index contributed by atoms with van der Waals surface area (Å²) in [5.41, 5.74) is 6.56. The van der Waals surface area contributed by atoms with Gasteiger partial charge in [-0.05, 0) is 30.0 Å². The molecule has 1 aliphatic heterocycles. The molecule has 3 N–H and O–H groups in total. The molecule has 0 unspecified atom stereocenters. The zero-order valence-electron chi connectivity index (χ0n) is 16.4. The van der Waals surface area contributed by atoms with E-state index >= 15 is 0 Å². The number of nitrogens with two attached hydrogens (primary N) is 1. The van der Waals surface area contributed by atoms with Gasteiger partial charge in [0, 0.05) is 44.7 Å². The van der Waals surface area contributed by atoms with Crippen LogP contribution in [0.2, 0.25) is 0 Å². The number of carbonyl (C=O) groups is 3. The van der Waals surface area contributed by atoms with Crippen LogP contribution in [0.25, 0.3) is 0 Å². The van der Waals surface area contributed by atoms with Crippen LogP contribution in [-0.2, 0) is 11.3 Å². The molecule has 0 radical (unpaired) electrons. The van der Waals surface area contributed by atoms with Crippen LogP contribution in [0.5, 0.6) is 0 Å². The van der Waals surface area contributed by atoms with Gasteiger partial charge in [0.2, 0.25) is 5.91 Å². The number of nitrogens with zero attached hydrogens (tertiary/aromatic N) is 2. The molecule has 1 aromatic rings. The van der Waals surface area contributed by atoms with Gasteiger partial charge < -0.3 is 20.9 Å². The Balaban J connectivity index is 1.44. The van der Waals surface area contributed by atoms with Crippen molar-refractivity contribution >= 4 is 17.8 Å². The molecule has 4 amide bonds. The van der Waals surface area contributed by atoms with Gasteiger partial charge in [-0.15, -0.1) is 0 Å². The number of piperazine rings is 1. The summed E-state index contributed by atoms with van der Waals surface area (Å²) in [6, 6.07) is 6.58. The number of benzene rings is 1. The quantitative estimate of drug-likeness (QED) is 0.784. The average molecular weight is 386 g/mol. The Hall–Kier alpha value is -2.57. The first-order chi connectivity index (χ1) is 13.5. The highest BCUT2D eigenvalue weighted by molar-refractivity contribution is 5.94. The monoisotopic (exact) mass is 386 g/mol. The molecule has 0 atom stereocenters. The lowest BCUT2D eigenvalue weighted by atomic mass is 10.0. The van der Waals surface area contributed by atoms with Crippen LogP contribution in [0.4, 0.5) is 4.79 Å². The largest absolute Gasteiger partial charge is 0.352 e. The number of hydrogen-bond donors (Lipinski definition) is 2. The van der Waals surface area contributed by atoms with E-state index in [-0.39, 0.29) is 11.8 Å². The Kier molecular flexibility index (Phi) is 6.90. The van der Waals surface area contributed by atoms with Crippen LogP contribution >= 0.6 is 0 Å². The van der Waals surface area contributed by atoms with Crippen molar-refractivity contribution in [3.8, 4) is 0 Å². The molecular weight excluding hydrogens is 356 g/mol. The molecule has 152 valence electrons. The minimum Gasteiger partial charge on any atom is -0.352 e. The number of amides is 4. The van der Waals surface area contributed by atoms with Gasteiger partial charge in [0.15, 0.2) is 0 Å². The molecule has 1 aromatic carbocycles. The van der Waals surface area contributed by atoms with Crippen LogP contribution < -0.4 is 11.1 Å². The molecule has 7 heteroatoms. The zero-order valence-corrected chi connectivity index (χ0v) is 16.4. The van der Waals surface area contributed by atoms with Crippen LogP contribution in [0.1, 0.15) is 54.4 Å². The van der Waals surface area contributed by atoms with E-state index < -0.39 is 6.03 Å². The second-order valence-corrected chi connectivity index (χ2v) is 7.78. The maximum absolute atomic E-state index is 12.7. The van der Waals surface area contributed by atoms with Crippen LogP contribution in [0.3, 0.4) is 0 Å². The molecule has 1 heterocycles. The Morgan fingerprint density at radius 2 is 1.57 bits per heavy atom. The fourth-order valence-electron chi connectivity index (χ4n) is 4.08. The van der Waals surface area contributed by atoms with E-state index in [9.17, 15) is 14.4 Å². The summed E-state index contributed by atoms with van der Waals surface area (Å²) in [7, 11) is 0. The Morgan fingerprint density at radius 1 is 0.964 bits per heavy atom. The molecule has 0 bridgehead atoms. The fourth-order valence-corrected chi connectivity index (χ4v) is 4.08. The first kappa shape index (κ1) is 20.2. The molecule has 2 fully saturated rings. The van der Waals surface area contributed by atoms with Crippen LogP contribution in [0.15, 0.2) is 24.3 Å². The average Bonchev–Trinajstić information content (AvgIpc) is 3.24. The van der Waals surface area contributed by atoms with Crippen molar-refractivity contribution in [2.75, 3.05) is 26.2 Å². The third-order valence-corrected chi connectivity index (χ3v) is 5.83. The summed E-state index contributed by atoms with van der Waals surface area (Å²) in [5, 5.41) is 2.52. The normalized spacial score (nSPS) is 17.6. The predicted molar refractivity (Wildman–Crippen MR) is 107 cm³/mol. The predicted octanol–water partition coefficient (Wildman–Crippen LogP) is 2.11. The van der Waals surface area contributed by atoms with Gasteiger partial charge in [-0.3, -0.25) is 9.59 Å². The van der Waals surface area contributed by atoms with Crippen molar-refractivity contribution in [2.45, 2.75) is 45.1 Å². The molecular formula is C21H30N4O3. The first-order valence-corrected chi connectivity index (χ1v) is 10.2. The molecule has 0 aromatic heterocycles. The van der Waals surface area contributed by atoms with Gasteiger partial charge in [0.1, 0.15) is 0 Å². The molecule has 1 saturated carbocycles. The van der Waals surface area contributed by atoms with Crippen molar-refractivity contribution < 1.29 is 14.4 Å². The van der Waals surface area contributed by atoms with Crippen LogP contribution in [0, 0.1) is 5.92 Å². The molecule has 3 rings (SSSR count). The van der Waals surface area contributed by atoms with Gasteiger partial charge in [-0.1, -0.05) is 37.8 Å². The van der Waals surface area contributed by atoms with Crippen molar-refractivity contribution in [2.24, 2.45) is 11.7 Å². The van der Waals surface area contributed by atoms with E-state index in [2.05, 4.69) is 5.32 Å². The van der Waals surface area contributed by atoms with E-state index in [1.54, 1.807) is 17.0 Å². The maximum atomic E-state index is 12.7. The number of rotatable bonds is 6. The van der Waals surface area contributed by atoms with E-state index in [0.717, 1.165) is 17.9 Å². The maximum Gasteiger partial charge on any atom is 0.312 e. The molecule has 0 spiro atoms. The Bertz CT molecular complexity index is 690. The first-order valence-electron chi connectivity index (χ1n) is 10.2. The van der Waals surface area contributed by atoms with Crippen molar-refractivity contribution in [3.63, 3.8) is 0 Å². The summed E-state index contributed by atoms with van der Waals surface area (Å²) < 4.78 is 0. The Morgan fingerprint density at radius 3 is 2.18 bits per heavy atom. The van der Waals surface area contributed by atoms with Gasteiger partial charge in [-0.25, -0.2) is 4.79 Å². The summed E-state index contributed by atoms with van der Waals surface area (Å²) in [5.74, 6) is 0.936. The third kappa shape index (κ3) is 5.47. The molecule has 28 heavy (non-hydrogen) atoms. The van der Waals surface area contributed by atoms with E-state index in [1.165, 1.54) is 25.7 Å². The van der Waals surface area contributed by atoms with Crippen LogP contribution in [-0.4, -0.2) is 53.8 Å². The summed E-state index contributed by atoms with van der Waals surface area (Å²) >= 11 is 0. The second-order valence-electron chi connectivity index (χ2n) is 7.78. The number of nitrogens with one attached hydrogen (secondary N) is 1. The van der Waals surface area contributed by atoms with E-state index in [4.69, 9.17) is 5.73 Å². The minimum absolute atomic E-state index is 0.0209. The lowest BCUT2D eigenvalue weighted by Gasteiger charge is -2.35. The van der Waals surface area contributed by atoms with Crippen molar-refractivity contribution in [3.05, 3.63) is 35.4 Å². The minimum atomic E-state index is -0.573.